The molecule has 0 atom stereocenters. The summed E-state index contributed by atoms with van der Waals surface area (Å²) in [6, 6.07) is 13.5. The Morgan fingerprint density at radius 3 is 2.50 bits per heavy atom. The van der Waals surface area contributed by atoms with Crippen LogP contribution >= 0.6 is 11.8 Å². The zero-order valence-electron chi connectivity index (χ0n) is 16.8. The zero-order chi connectivity index (χ0) is 20.2. The molecule has 0 saturated carbocycles. The van der Waals surface area contributed by atoms with Crippen LogP contribution in [-0.4, -0.2) is 32.0 Å². The maximum absolute atomic E-state index is 12.1. The summed E-state index contributed by atoms with van der Waals surface area (Å²) in [5.74, 6) is 2.61. The molecule has 1 amide bonds. The first-order chi connectivity index (χ1) is 13.7. The Labute approximate surface area is 171 Å². The number of hydrogen-bond acceptors (Lipinski definition) is 5. The summed E-state index contributed by atoms with van der Waals surface area (Å²) in [5.41, 5.74) is 0.971. The normalized spacial score (nSPS) is 10.4. The number of benzene rings is 2. The Bertz CT molecular complexity index is 734. The molecule has 0 saturated heterocycles. The largest absolute Gasteiger partial charge is 0.494 e. The smallest absolute Gasteiger partial charge is 0.230 e. The molecule has 0 aliphatic carbocycles. The van der Waals surface area contributed by atoms with Crippen LogP contribution in [-0.2, 0) is 11.3 Å². The summed E-state index contributed by atoms with van der Waals surface area (Å²) in [6.07, 6.45) is 2.09. The molecule has 6 heteroatoms. The number of hydrogen-bond donors (Lipinski definition) is 1. The number of unbranched alkanes of at least 4 members (excludes halogenated alkanes) is 1. The molecule has 0 bridgehead atoms. The summed E-state index contributed by atoms with van der Waals surface area (Å²) in [7, 11) is 1.62. The van der Waals surface area contributed by atoms with E-state index >= 15 is 0 Å². The van der Waals surface area contributed by atoms with E-state index in [0.717, 1.165) is 34.8 Å². The highest BCUT2D eigenvalue weighted by molar-refractivity contribution is 8.00. The molecule has 2 aromatic rings. The lowest BCUT2D eigenvalue weighted by Gasteiger charge is -2.12. The fourth-order valence-corrected chi connectivity index (χ4v) is 3.20. The molecule has 0 aromatic heterocycles. The number of ether oxygens (including phenoxy) is 3. The van der Waals surface area contributed by atoms with Crippen LogP contribution in [0.1, 0.15) is 32.3 Å². The van der Waals surface area contributed by atoms with E-state index in [2.05, 4.69) is 12.2 Å². The molecule has 152 valence electrons. The predicted octanol–water partition coefficient (Wildman–Crippen LogP) is 4.68. The van der Waals surface area contributed by atoms with Crippen molar-refractivity contribution in [3.63, 3.8) is 0 Å². The van der Waals surface area contributed by atoms with Crippen molar-refractivity contribution in [2.45, 2.75) is 38.1 Å². The van der Waals surface area contributed by atoms with Crippen molar-refractivity contribution in [3.05, 3.63) is 48.0 Å². The maximum atomic E-state index is 12.1. The molecule has 28 heavy (non-hydrogen) atoms. The van der Waals surface area contributed by atoms with Gasteiger partial charge in [-0.3, -0.25) is 4.79 Å². The van der Waals surface area contributed by atoms with Gasteiger partial charge in [-0.05, 0) is 55.3 Å². The van der Waals surface area contributed by atoms with E-state index in [1.54, 1.807) is 7.11 Å². The minimum absolute atomic E-state index is 0.0128. The molecular formula is C22H29NO4S. The minimum Gasteiger partial charge on any atom is -0.494 e. The number of methoxy groups -OCH3 is 1. The van der Waals surface area contributed by atoms with E-state index < -0.39 is 0 Å². The molecule has 0 radical (unpaired) electrons. The molecule has 2 rings (SSSR count). The van der Waals surface area contributed by atoms with Gasteiger partial charge in [0.05, 0.1) is 26.1 Å². The van der Waals surface area contributed by atoms with E-state index in [4.69, 9.17) is 14.2 Å². The van der Waals surface area contributed by atoms with Crippen molar-refractivity contribution in [3.8, 4) is 17.2 Å². The van der Waals surface area contributed by atoms with Crippen LogP contribution in [0.15, 0.2) is 47.4 Å². The van der Waals surface area contributed by atoms with Crippen LogP contribution < -0.4 is 19.5 Å². The third-order valence-corrected chi connectivity index (χ3v) is 4.99. The van der Waals surface area contributed by atoms with Gasteiger partial charge in [0.25, 0.3) is 0 Å². The highest BCUT2D eigenvalue weighted by Gasteiger charge is 2.08. The van der Waals surface area contributed by atoms with E-state index in [1.165, 1.54) is 11.8 Å². The van der Waals surface area contributed by atoms with Crippen LogP contribution in [0.25, 0.3) is 0 Å². The third-order valence-electron chi connectivity index (χ3n) is 3.98. The Balaban J connectivity index is 1.79. The van der Waals surface area contributed by atoms with Crippen LogP contribution in [0.4, 0.5) is 0 Å². The van der Waals surface area contributed by atoms with Gasteiger partial charge in [0.1, 0.15) is 5.75 Å². The standard InChI is InChI=1S/C22H29NO4S/c1-4-6-13-27-20-12-7-17(14-21(20)25-3)15-23-22(24)16-28-19-10-8-18(9-11-19)26-5-2/h7-12,14H,4-6,13,15-16H2,1-3H3,(H,23,24). The molecular weight excluding hydrogens is 374 g/mol. The van der Waals surface area contributed by atoms with Crippen molar-refractivity contribution in [2.24, 2.45) is 0 Å². The molecule has 0 spiro atoms. The SMILES string of the molecule is CCCCOc1ccc(CNC(=O)CSc2ccc(OCC)cc2)cc1OC. The van der Waals surface area contributed by atoms with Gasteiger partial charge in [-0.2, -0.15) is 0 Å². The number of nitrogens with one attached hydrogen (secondary N) is 1. The second-order valence-corrected chi connectivity index (χ2v) is 7.21. The molecule has 0 aliphatic rings. The second kappa shape index (κ2) is 12.2. The highest BCUT2D eigenvalue weighted by atomic mass is 32.2. The van der Waals surface area contributed by atoms with E-state index in [1.807, 2.05) is 49.4 Å². The van der Waals surface area contributed by atoms with Crippen LogP contribution in [0.5, 0.6) is 17.2 Å². The molecule has 0 heterocycles. The second-order valence-electron chi connectivity index (χ2n) is 6.16. The number of carbonyl (C=O) groups excluding carboxylic acids is 1. The summed E-state index contributed by atoms with van der Waals surface area (Å²) in [4.78, 5) is 13.2. The number of amides is 1. The fourth-order valence-electron chi connectivity index (χ4n) is 2.47. The third kappa shape index (κ3) is 7.35. The van der Waals surface area contributed by atoms with Crippen molar-refractivity contribution >= 4 is 17.7 Å². The van der Waals surface area contributed by atoms with E-state index in [-0.39, 0.29) is 5.91 Å². The monoisotopic (exact) mass is 403 g/mol. The van der Waals surface area contributed by atoms with Crippen molar-refractivity contribution in [1.29, 1.82) is 0 Å². The highest BCUT2D eigenvalue weighted by Crippen LogP contribution is 2.28. The lowest BCUT2D eigenvalue weighted by Crippen LogP contribution is -2.24. The molecule has 1 N–H and O–H groups in total. The molecule has 0 fully saturated rings. The Morgan fingerprint density at radius 1 is 1.04 bits per heavy atom. The van der Waals surface area contributed by atoms with E-state index in [0.29, 0.717) is 31.3 Å². The number of rotatable bonds is 12. The van der Waals surface area contributed by atoms with Crippen molar-refractivity contribution in [1.82, 2.24) is 5.32 Å². The number of carbonyl (C=O) groups is 1. The minimum atomic E-state index is -0.0128. The van der Waals surface area contributed by atoms with Gasteiger partial charge in [0.15, 0.2) is 11.5 Å². The Morgan fingerprint density at radius 2 is 1.82 bits per heavy atom. The van der Waals surface area contributed by atoms with Crippen LogP contribution in [0.3, 0.4) is 0 Å². The summed E-state index contributed by atoms with van der Waals surface area (Å²) < 4.78 is 16.6. The maximum Gasteiger partial charge on any atom is 0.230 e. The van der Waals surface area contributed by atoms with Crippen LogP contribution in [0.2, 0.25) is 0 Å². The zero-order valence-corrected chi connectivity index (χ0v) is 17.6. The topological polar surface area (TPSA) is 56.8 Å². The van der Waals surface area contributed by atoms with Crippen LogP contribution in [0, 0.1) is 0 Å². The Kier molecular flexibility index (Phi) is 9.55. The number of thioether (sulfide) groups is 1. The van der Waals surface area contributed by atoms with Gasteiger partial charge in [-0.25, -0.2) is 0 Å². The Hall–Kier alpha value is -2.34. The molecule has 5 nitrogen and oxygen atoms in total. The van der Waals surface area contributed by atoms with Gasteiger partial charge < -0.3 is 19.5 Å². The fraction of sp³-hybridized carbons (Fsp3) is 0.409. The molecule has 2 aromatic carbocycles. The van der Waals surface area contributed by atoms with Gasteiger partial charge in [0.2, 0.25) is 5.91 Å². The lowest BCUT2D eigenvalue weighted by atomic mass is 10.2. The predicted molar refractivity (Wildman–Crippen MR) is 114 cm³/mol. The first-order valence-corrected chi connectivity index (χ1v) is 10.6. The lowest BCUT2D eigenvalue weighted by molar-refractivity contribution is -0.118. The first-order valence-electron chi connectivity index (χ1n) is 9.58. The summed E-state index contributed by atoms with van der Waals surface area (Å²) in [5, 5.41) is 2.94. The van der Waals surface area contributed by atoms with Gasteiger partial charge >= 0.3 is 0 Å². The molecule has 0 aliphatic heterocycles. The summed E-state index contributed by atoms with van der Waals surface area (Å²) in [6.45, 7) is 5.85. The quantitative estimate of drug-likeness (QED) is 0.412. The first kappa shape index (κ1) is 22.0. The van der Waals surface area contributed by atoms with Crippen molar-refractivity contribution in [2.75, 3.05) is 26.1 Å². The summed E-state index contributed by atoms with van der Waals surface area (Å²) >= 11 is 1.50. The average Bonchev–Trinajstić information content (AvgIpc) is 2.72. The van der Waals surface area contributed by atoms with Gasteiger partial charge in [-0.15, -0.1) is 11.8 Å². The molecule has 0 unspecified atom stereocenters. The van der Waals surface area contributed by atoms with Crippen molar-refractivity contribution < 1.29 is 19.0 Å². The van der Waals surface area contributed by atoms with Gasteiger partial charge in [0, 0.05) is 11.4 Å². The average molecular weight is 404 g/mol. The van der Waals surface area contributed by atoms with Gasteiger partial charge in [-0.1, -0.05) is 19.4 Å². The van der Waals surface area contributed by atoms with E-state index in [9.17, 15) is 4.79 Å².